The highest BCUT2D eigenvalue weighted by atomic mass is 16.2. The van der Waals surface area contributed by atoms with Gasteiger partial charge in [-0.25, -0.2) is 0 Å². The zero-order chi connectivity index (χ0) is 13.2. The summed E-state index contributed by atoms with van der Waals surface area (Å²) in [5, 5.41) is 3.10. The van der Waals surface area contributed by atoms with Gasteiger partial charge in [-0.15, -0.1) is 0 Å². The molecule has 3 heteroatoms. The van der Waals surface area contributed by atoms with Crippen LogP contribution >= 0.6 is 0 Å². The molecule has 0 saturated heterocycles. The fourth-order valence-corrected chi connectivity index (χ4v) is 3.31. The van der Waals surface area contributed by atoms with Crippen LogP contribution in [0.25, 0.3) is 0 Å². The third kappa shape index (κ3) is 3.25. The van der Waals surface area contributed by atoms with Crippen LogP contribution in [-0.2, 0) is 4.79 Å². The summed E-state index contributed by atoms with van der Waals surface area (Å²) in [7, 11) is 0. The Balaban J connectivity index is 1.74. The molecule has 0 aromatic heterocycles. The summed E-state index contributed by atoms with van der Waals surface area (Å²) in [6.45, 7) is 5.51. The van der Waals surface area contributed by atoms with Gasteiger partial charge in [0.05, 0.1) is 5.54 Å². The van der Waals surface area contributed by atoms with Gasteiger partial charge in [0.1, 0.15) is 0 Å². The van der Waals surface area contributed by atoms with E-state index in [9.17, 15) is 4.79 Å². The summed E-state index contributed by atoms with van der Waals surface area (Å²) in [5.74, 6) is 0.747. The van der Waals surface area contributed by atoms with Crippen LogP contribution in [0.15, 0.2) is 0 Å². The van der Waals surface area contributed by atoms with Gasteiger partial charge in [-0.3, -0.25) is 4.79 Å². The summed E-state index contributed by atoms with van der Waals surface area (Å²) in [6, 6.07) is 0. The van der Waals surface area contributed by atoms with Crippen LogP contribution in [0.3, 0.4) is 0 Å². The Labute approximate surface area is 111 Å². The summed E-state index contributed by atoms with van der Waals surface area (Å²) >= 11 is 0. The number of carbonyl (C=O) groups excluding carboxylic acids is 1. The lowest BCUT2D eigenvalue weighted by Crippen LogP contribution is -2.52. The van der Waals surface area contributed by atoms with Crippen LogP contribution < -0.4 is 11.1 Å². The van der Waals surface area contributed by atoms with Gasteiger partial charge in [-0.1, -0.05) is 26.7 Å². The number of rotatable bonds is 3. The van der Waals surface area contributed by atoms with Crippen molar-refractivity contribution in [2.45, 2.75) is 70.8 Å². The minimum absolute atomic E-state index is 0.0878. The molecule has 0 spiro atoms. The molecule has 2 fully saturated rings. The van der Waals surface area contributed by atoms with Crippen LogP contribution in [0.4, 0.5) is 0 Å². The molecular formula is C15H28N2O. The Kier molecular flexibility index (Phi) is 4.00. The Bertz CT molecular complexity index is 296. The minimum atomic E-state index is -0.562. The number of hydrogen-bond donors (Lipinski definition) is 2. The summed E-state index contributed by atoms with van der Waals surface area (Å²) in [4.78, 5) is 12.1. The van der Waals surface area contributed by atoms with Gasteiger partial charge in [0.2, 0.25) is 5.91 Å². The van der Waals surface area contributed by atoms with Gasteiger partial charge >= 0.3 is 0 Å². The maximum Gasteiger partial charge on any atom is 0.240 e. The molecule has 0 atom stereocenters. The molecule has 3 nitrogen and oxygen atoms in total. The molecule has 104 valence electrons. The van der Waals surface area contributed by atoms with Gasteiger partial charge < -0.3 is 11.1 Å². The standard InChI is InChI=1S/C15H28N2O/c1-14(2)9-5-12(6-10-14)11-17-13(18)15(16)7-3-4-8-15/h12H,3-11,16H2,1-2H3,(H,17,18). The fraction of sp³-hybridized carbons (Fsp3) is 0.933. The van der Waals surface area contributed by atoms with E-state index in [1.54, 1.807) is 0 Å². The lowest BCUT2D eigenvalue weighted by atomic mass is 9.73. The molecule has 0 aliphatic heterocycles. The average Bonchev–Trinajstić information content (AvgIpc) is 2.76. The van der Waals surface area contributed by atoms with Crippen molar-refractivity contribution in [2.75, 3.05) is 6.54 Å². The molecule has 3 N–H and O–H groups in total. The SMILES string of the molecule is CC1(C)CCC(CNC(=O)C2(N)CCCC2)CC1. The Morgan fingerprint density at radius 3 is 2.28 bits per heavy atom. The quantitative estimate of drug-likeness (QED) is 0.811. The predicted octanol–water partition coefficient (Wildman–Crippen LogP) is 2.59. The molecule has 0 bridgehead atoms. The van der Waals surface area contributed by atoms with E-state index in [1.807, 2.05) is 0 Å². The van der Waals surface area contributed by atoms with E-state index >= 15 is 0 Å². The first-order valence-electron chi connectivity index (χ1n) is 7.49. The van der Waals surface area contributed by atoms with E-state index < -0.39 is 5.54 Å². The van der Waals surface area contributed by atoms with E-state index in [-0.39, 0.29) is 5.91 Å². The highest BCUT2D eigenvalue weighted by Gasteiger charge is 2.37. The topological polar surface area (TPSA) is 55.1 Å². The third-order valence-corrected chi connectivity index (χ3v) is 4.96. The van der Waals surface area contributed by atoms with Crippen molar-refractivity contribution in [2.24, 2.45) is 17.1 Å². The van der Waals surface area contributed by atoms with E-state index in [1.165, 1.54) is 25.7 Å². The second-order valence-electron chi connectivity index (χ2n) is 7.18. The molecule has 18 heavy (non-hydrogen) atoms. The van der Waals surface area contributed by atoms with Gasteiger partial charge in [-0.05, 0) is 49.9 Å². The monoisotopic (exact) mass is 252 g/mol. The smallest absolute Gasteiger partial charge is 0.240 e. The van der Waals surface area contributed by atoms with E-state index in [4.69, 9.17) is 5.73 Å². The van der Waals surface area contributed by atoms with E-state index in [0.717, 1.165) is 32.2 Å². The summed E-state index contributed by atoms with van der Waals surface area (Å²) in [5.41, 5.74) is 6.09. The van der Waals surface area contributed by atoms with Gasteiger partial charge in [0.15, 0.2) is 0 Å². The van der Waals surface area contributed by atoms with Crippen LogP contribution in [0, 0.1) is 11.3 Å². The van der Waals surface area contributed by atoms with E-state index in [2.05, 4.69) is 19.2 Å². The maximum atomic E-state index is 12.1. The number of nitrogens with two attached hydrogens (primary N) is 1. The molecule has 2 aliphatic rings. The Morgan fingerprint density at radius 2 is 1.72 bits per heavy atom. The maximum absolute atomic E-state index is 12.1. The highest BCUT2D eigenvalue weighted by molar-refractivity contribution is 5.86. The molecule has 2 saturated carbocycles. The number of nitrogens with one attached hydrogen (secondary N) is 1. The second kappa shape index (κ2) is 5.20. The normalized spacial score (nSPS) is 27.1. The molecule has 1 amide bonds. The predicted molar refractivity (Wildman–Crippen MR) is 74.1 cm³/mol. The zero-order valence-corrected chi connectivity index (χ0v) is 11.9. The lowest BCUT2D eigenvalue weighted by Gasteiger charge is -2.34. The fourth-order valence-electron chi connectivity index (χ4n) is 3.31. The molecule has 0 aromatic rings. The average molecular weight is 252 g/mol. The van der Waals surface area contributed by atoms with Gasteiger partial charge in [-0.2, -0.15) is 0 Å². The van der Waals surface area contributed by atoms with Crippen molar-refractivity contribution in [1.29, 1.82) is 0 Å². The van der Waals surface area contributed by atoms with Crippen molar-refractivity contribution in [3.8, 4) is 0 Å². The second-order valence-corrected chi connectivity index (χ2v) is 7.18. The van der Waals surface area contributed by atoms with Crippen LogP contribution in [0.5, 0.6) is 0 Å². The van der Waals surface area contributed by atoms with Gasteiger partial charge in [0.25, 0.3) is 0 Å². The number of amides is 1. The Morgan fingerprint density at radius 1 is 1.17 bits per heavy atom. The molecule has 0 aromatic carbocycles. The minimum Gasteiger partial charge on any atom is -0.354 e. The zero-order valence-electron chi connectivity index (χ0n) is 11.9. The first kappa shape index (κ1) is 13.9. The lowest BCUT2D eigenvalue weighted by molar-refractivity contribution is -0.126. The highest BCUT2D eigenvalue weighted by Crippen LogP contribution is 2.37. The summed E-state index contributed by atoms with van der Waals surface area (Å²) in [6.07, 6.45) is 8.95. The molecular weight excluding hydrogens is 224 g/mol. The number of hydrogen-bond acceptors (Lipinski definition) is 2. The molecule has 2 rings (SSSR count). The number of carbonyl (C=O) groups is 1. The van der Waals surface area contributed by atoms with Crippen molar-refractivity contribution >= 4 is 5.91 Å². The third-order valence-electron chi connectivity index (χ3n) is 4.96. The first-order chi connectivity index (χ1) is 8.41. The largest absolute Gasteiger partial charge is 0.354 e. The first-order valence-corrected chi connectivity index (χ1v) is 7.49. The van der Waals surface area contributed by atoms with Crippen molar-refractivity contribution in [3.63, 3.8) is 0 Å². The van der Waals surface area contributed by atoms with Gasteiger partial charge in [0, 0.05) is 6.54 Å². The molecule has 2 aliphatic carbocycles. The van der Waals surface area contributed by atoms with E-state index in [0.29, 0.717) is 11.3 Å². The van der Waals surface area contributed by atoms with Crippen LogP contribution in [0.2, 0.25) is 0 Å². The van der Waals surface area contributed by atoms with Crippen molar-refractivity contribution < 1.29 is 4.79 Å². The molecule has 0 heterocycles. The Hall–Kier alpha value is -0.570. The molecule has 0 radical (unpaired) electrons. The summed E-state index contributed by atoms with van der Waals surface area (Å²) < 4.78 is 0. The van der Waals surface area contributed by atoms with Crippen LogP contribution in [-0.4, -0.2) is 18.0 Å². The van der Waals surface area contributed by atoms with Crippen molar-refractivity contribution in [3.05, 3.63) is 0 Å². The van der Waals surface area contributed by atoms with Crippen LogP contribution in [0.1, 0.15) is 65.2 Å². The van der Waals surface area contributed by atoms with Crippen molar-refractivity contribution in [1.82, 2.24) is 5.32 Å². The molecule has 0 unspecified atom stereocenters.